The number of halogens is 1. The third-order valence-corrected chi connectivity index (χ3v) is 3.67. The van der Waals surface area contributed by atoms with Crippen molar-refractivity contribution >= 4 is 5.69 Å². The first-order chi connectivity index (χ1) is 9.53. The zero-order valence-electron chi connectivity index (χ0n) is 12.2. The van der Waals surface area contributed by atoms with Gasteiger partial charge in [-0.25, -0.2) is 4.39 Å². The van der Waals surface area contributed by atoms with Gasteiger partial charge in [-0.15, -0.1) is 0 Å². The van der Waals surface area contributed by atoms with Crippen molar-refractivity contribution in [2.75, 3.05) is 38.3 Å². The second kappa shape index (κ2) is 6.52. The van der Waals surface area contributed by atoms with Crippen LogP contribution in [-0.4, -0.2) is 44.1 Å². The van der Waals surface area contributed by atoms with E-state index in [1.165, 1.54) is 6.07 Å². The van der Waals surface area contributed by atoms with Crippen LogP contribution in [0.5, 0.6) is 0 Å². The Balaban J connectivity index is 2.10. The zero-order valence-corrected chi connectivity index (χ0v) is 12.2. The lowest BCUT2D eigenvalue weighted by Crippen LogP contribution is -2.30. The Bertz CT molecular complexity index is 451. The summed E-state index contributed by atoms with van der Waals surface area (Å²) in [7, 11) is 1.64. The molecule has 112 valence electrons. The lowest BCUT2D eigenvalue weighted by molar-refractivity contribution is 0.0839. The van der Waals surface area contributed by atoms with E-state index in [1.807, 2.05) is 13.0 Å². The second-order valence-electron chi connectivity index (χ2n) is 5.58. The fourth-order valence-corrected chi connectivity index (χ4v) is 2.56. The number of ether oxygens (including phenoxy) is 1. The summed E-state index contributed by atoms with van der Waals surface area (Å²) >= 11 is 0. The number of hydrogen-bond donors (Lipinski definition) is 2. The van der Waals surface area contributed by atoms with Crippen LogP contribution in [0.25, 0.3) is 0 Å². The summed E-state index contributed by atoms with van der Waals surface area (Å²) in [5, 5.41) is 13.2. The molecule has 4 nitrogen and oxygen atoms in total. The van der Waals surface area contributed by atoms with Crippen LogP contribution in [0.1, 0.15) is 18.9 Å². The molecule has 1 atom stereocenters. The molecule has 0 saturated carbocycles. The summed E-state index contributed by atoms with van der Waals surface area (Å²) in [5.41, 5.74) is 0.835. The highest BCUT2D eigenvalue weighted by atomic mass is 19.1. The Morgan fingerprint density at radius 1 is 1.50 bits per heavy atom. The summed E-state index contributed by atoms with van der Waals surface area (Å²) in [6.45, 7) is 4.86. The fourth-order valence-electron chi connectivity index (χ4n) is 2.56. The molecule has 1 heterocycles. The van der Waals surface area contributed by atoms with Gasteiger partial charge in [-0.05, 0) is 25.5 Å². The summed E-state index contributed by atoms with van der Waals surface area (Å²) in [6.07, 6.45) is 0.708. The summed E-state index contributed by atoms with van der Waals surface area (Å²) in [6, 6.07) is 5.11. The molecule has 0 bridgehead atoms. The minimum absolute atomic E-state index is 0.209. The second-order valence-corrected chi connectivity index (χ2v) is 5.58. The van der Waals surface area contributed by atoms with Crippen LogP contribution in [0, 0.1) is 5.82 Å². The van der Waals surface area contributed by atoms with E-state index in [4.69, 9.17) is 4.74 Å². The van der Waals surface area contributed by atoms with Gasteiger partial charge in [-0.2, -0.15) is 0 Å². The Morgan fingerprint density at radius 3 is 2.95 bits per heavy atom. The van der Waals surface area contributed by atoms with Gasteiger partial charge < -0.3 is 20.1 Å². The number of β-amino-alcohol motifs (C(OH)–C–C–N with tert-alkyl or cyclic N) is 1. The Kier molecular flexibility index (Phi) is 4.96. The molecule has 20 heavy (non-hydrogen) atoms. The number of anilines is 1. The minimum atomic E-state index is -0.687. The third-order valence-electron chi connectivity index (χ3n) is 3.67. The van der Waals surface area contributed by atoms with Crippen LogP contribution in [0.4, 0.5) is 10.1 Å². The molecule has 2 rings (SSSR count). The minimum Gasteiger partial charge on any atom is -0.388 e. The maximum absolute atomic E-state index is 14.0. The molecule has 1 unspecified atom stereocenters. The van der Waals surface area contributed by atoms with Gasteiger partial charge in [-0.3, -0.25) is 0 Å². The molecule has 1 aromatic rings. The average molecular weight is 282 g/mol. The summed E-state index contributed by atoms with van der Waals surface area (Å²) < 4.78 is 19.0. The largest absolute Gasteiger partial charge is 0.388 e. The lowest BCUT2D eigenvalue weighted by Gasteiger charge is -2.24. The maximum Gasteiger partial charge on any atom is 0.129 e. The molecule has 0 spiro atoms. The van der Waals surface area contributed by atoms with Crippen LogP contribution in [0.3, 0.4) is 0 Å². The van der Waals surface area contributed by atoms with Gasteiger partial charge >= 0.3 is 0 Å². The zero-order chi connectivity index (χ0) is 14.6. The summed E-state index contributed by atoms with van der Waals surface area (Å²) in [4.78, 5) is 2.05. The monoisotopic (exact) mass is 282 g/mol. The van der Waals surface area contributed by atoms with Crippen LogP contribution in [-0.2, 0) is 11.3 Å². The van der Waals surface area contributed by atoms with Crippen molar-refractivity contribution in [2.24, 2.45) is 0 Å². The van der Waals surface area contributed by atoms with Crippen LogP contribution >= 0.6 is 0 Å². The van der Waals surface area contributed by atoms with Crippen LogP contribution in [0.2, 0.25) is 0 Å². The quantitative estimate of drug-likeness (QED) is 0.777. The van der Waals surface area contributed by atoms with Crippen molar-refractivity contribution in [3.8, 4) is 0 Å². The van der Waals surface area contributed by atoms with E-state index in [9.17, 15) is 9.50 Å². The lowest BCUT2D eigenvalue weighted by atomic mass is 10.1. The average Bonchev–Trinajstić information content (AvgIpc) is 2.76. The first-order valence-corrected chi connectivity index (χ1v) is 6.98. The highest BCUT2D eigenvalue weighted by Gasteiger charge is 2.32. The van der Waals surface area contributed by atoms with E-state index < -0.39 is 5.60 Å². The molecular formula is C15H23FN2O2. The molecule has 2 N–H and O–H groups in total. The van der Waals surface area contributed by atoms with E-state index in [0.29, 0.717) is 38.2 Å². The molecule has 1 aliphatic heterocycles. The molecule has 1 aliphatic rings. The van der Waals surface area contributed by atoms with Gasteiger partial charge in [0.25, 0.3) is 0 Å². The Labute approximate surface area is 119 Å². The highest BCUT2D eigenvalue weighted by Crippen LogP contribution is 2.30. The number of rotatable bonds is 6. The number of benzene rings is 1. The van der Waals surface area contributed by atoms with Gasteiger partial charge in [0.05, 0.1) is 12.2 Å². The van der Waals surface area contributed by atoms with E-state index in [2.05, 4.69) is 10.2 Å². The van der Waals surface area contributed by atoms with E-state index >= 15 is 0 Å². The van der Waals surface area contributed by atoms with Crippen molar-refractivity contribution in [2.45, 2.75) is 25.5 Å². The molecular weight excluding hydrogens is 259 g/mol. The molecule has 0 aliphatic carbocycles. The predicted molar refractivity (Wildman–Crippen MR) is 77.4 cm³/mol. The van der Waals surface area contributed by atoms with E-state index in [0.717, 1.165) is 12.2 Å². The first kappa shape index (κ1) is 15.2. The molecule has 1 aromatic carbocycles. The molecule has 0 aromatic heterocycles. The molecule has 5 heteroatoms. The standard InChI is InChI=1S/C15H23FN2O2/c1-15(19)6-8-18(11-15)14-5-3-4-13(16)12(14)10-17-7-9-20-2/h3-5,17,19H,6-11H2,1-2H3. The van der Waals surface area contributed by atoms with Crippen molar-refractivity contribution < 1.29 is 14.2 Å². The van der Waals surface area contributed by atoms with Crippen LogP contribution in [0.15, 0.2) is 18.2 Å². The third kappa shape index (κ3) is 3.69. The van der Waals surface area contributed by atoms with Crippen molar-refractivity contribution in [1.82, 2.24) is 5.32 Å². The molecule has 1 saturated heterocycles. The number of aliphatic hydroxyl groups is 1. The number of nitrogens with one attached hydrogen (secondary N) is 1. The van der Waals surface area contributed by atoms with E-state index in [-0.39, 0.29) is 5.82 Å². The maximum atomic E-state index is 14.0. The van der Waals surface area contributed by atoms with Crippen LogP contribution < -0.4 is 10.2 Å². The summed E-state index contributed by atoms with van der Waals surface area (Å²) in [5.74, 6) is -0.209. The van der Waals surface area contributed by atoms with Gasteiger partial charge in [0, 0.05) is 44.5 Å². The fraction of sp³-hybridized carbons (Fsp3) is 0.600. The molecule has 1 fully saturated rings. The van der Waals surface area contributed by atoms with Gasteiger partial charge in [-0.1, -0.05) is 6.07 Å². The van der Waals surface area contributed by atoms with Gasteiger partial charge in [0.15, 0.2) is 0 Å². The first-order valence-electron chi connectivity index (χ1n) is 6.98. The molecule has 0 amide bonds. The number of hydrogen-bond acceptors (Lipinski definition) is 4. The molecule has 0 radical (unpaired) electrons. The van der Waals surface area contributed by atoms with Gasteiger partial charge in [0.1, 0.15) is 5.82 Å². The van der Waals surface area contributed by atoms with Crippen molar-refractivity contribution in [1.29, 1.82) is 0 Å². The Hall–Kier alpha value is -1.17. The van der Waals surface area contributed by atoms with Crippen molar-refractivity contribution in [3.05, 3.63) is 29.6 Å². The Morgan fingerprint density at radius 2 is 2.30 bits per heavy atom. The number of nitrogens with zero attached hydrogens (tertiary/aromatic N) is 1. The predicted octanol–water partition coefficient (Wildman–Crippen LogP) is 1.52. The number of methoxy groups -OCH3 is 1. The normalized spacial score (nSPS) is 22.5. The highest BCUT2D eigenvalue weighted by molar-refractivity contribution is 5.55. The van der Waals surface area contributed by atoms with E-state index in [1.54, 1.807) is 13.2 Å². The topological polar surface area (TPSA) is 44.7 Å². The SMILES string of the molecule is COCCNCc1c(F)cccc1N1CCC(C)(O)C1. The van der Waals surface area contributed by atoms with Gasteiger partial charge in [0.2, 0.25) is 0 Å². The van der Waals surface area contributed by atoms with Crippen molar-refractivity contribution in [3.63, 3.8) is 0 Å². The smallest absolute Gasteiger partial charge is 0.129 e.